The Labute approximate surface area is 242 Å². The molecular formula is C29H35N3O10. The van der Waals surface area contributed by atoms with Crippen LogP contribution in [0.2, 0.25) is 0 Å². The summed E-state index contributed by atoms with van der Waals surface area (Å²) < 4.78 is 18.8. The van der Waals surface area contributed by atoms with Crippen molar-refractivity contribution < 1.29 is 49.0 Å². The summed E-state index contributed by atoms with van der Waals surface area (Å²) in [4.78, 5) is 37.1. The summed E-state index contributed by atoms with van der Waals surface area (Å²) in [5, 5.41) is 33.8. The van der Waals surface area contributed by atoms with Crippen LogP contribution in [0.25, 0.3) is 0 Å². The molecule has 0 amide bonds. The Bertz CT molecular complexity index is 1340. The number of benzene rings is 2. The number of carboxylic acids is 3. The van der Waals surface area contributed by atoms with Gasteiger partial charge in [-0.2, -0.15) is 0 Å². The van der Waals surface area contributed by atoms with Gasteiger partial charge in [-0.1, -0.05) is 24.3 Å². The van der Waals surface area contributed by atoms with Gasteiger partial charge in [0.1, 0.15) is 0 Å². The highest BCUT2D eigenvalue weighted by molar-refractivity contribution is 5.88. The first-order valence-electron chi connectivity index (χ1n) is 13.1. The third-order valence-corrected chi connectivity index (χ3v) is 6.51. The minimum Gasteiger partial charge on any atom is -0.493 e. The molecule has 0 spiro atoms. The zero-order valence-corrected chi connectivity index (χ0v) is 23.4. The van der Waals surface area contributed by atoms with Gasteiger partial charge in [-0.25, -0.2) is 9.78 Å². The Kier molecular flexibility index (Phi) is 11.3. The number of hydrogen-bond donors (Lipinski definition) is 4. The predicted octanol–water partition coefficient (Wildman–Crippen LogP) is 2.77. The number of methoxy groups -OCH3 is 1. The monoisotopic (exact) mass is 585 g/mol. The average molecular weight is 586 g/mol. The van der Waals surface area contributed by atoms with E-state index >= 15 is 0 Å². The van der Waals surface area contributed by atoms with Gasteiger partial charge in [0.25, 0.3) is 0 Å². The lowest BCUT2D eigenvalue weighted by atomic mass is 9.96. The van der Waals surface area contributed by atoms with Gasteiger partial charge in [0.15, 0.2) is 17.1 Å². The number of ether oxygens (including phenoxy) is 3. The van der Waals surface area contributed by atoms with Gasteiger partial charge in [0.2, 0.25) is 12.5 Å². The molecule has 13 nitrogen and oxygen atoms in total. The smallest absolute Gasteiger partial charge is 0.336 e. The number of aromatic nitrogens is 2. The number of carboxylic acid groups (broad SMARTS) is 3. The first-order chi connectivity index (χ1) is 20.0. The molecule has 1 aromatic heterocycles. The van der Waals surface area contributed by atoms with Gasteiger partial charge in [-0.05, 0) is 42.2 Å². The SMILES string of the molecule is COc1cc(CN(CCCn2ccnc2)Cc2ccccc2C)cc2c1OCO2.O=C(O)CC(O)(CC(=O)O)C(=O)O. The number of carbonyl (C=O) groups is 3. The number of aliphatic hydroxyl groups is 1. The maximum absolute atomic E-state index is 10.3. The Morgan fingerprint density at radius 1 is 1.07 bits per heavy atom. The Morgan fingerprint density at radius 3 is 2.38 bits per heavy atom. The van der Waals surface area contributed by atoms with Crippen LogP contribution < -0.4 is 14.2 Å². The maximum Gasteiger partial charge on any atom is 0.336 e. The van der Waals surface area contributed by atoms with Crippen molar-refractivity contribution in [1.82, 2.24) is 14.5 Å². The molecular weight excluding hydrogens is 550 g/mol. The molecule has 226 valence electrons. The second-order valence-corrected chi connectivity index (χ2v) is 9.80. The normalized spacial score (nSPS) is 12.0. The van der Waals surface area contributed by atoms with Crippen molar-refractivity contribution in [2.24, 2.45) is 0 Å². The fraction of sp³-hybridized carbons (Fsp3) is 0.379. The highest BCUT2D eigenvalue weighted by atomic mass is 16.7. The molecule has 0 saturated carbocycles. The highest BCUT2D eigenvalue weighted by Gasteiger charge is 2.40. The Hall–Kier alpha value is -4.62. The maximum atomic E-state index is 10.3. The number of imidazole rings is 1. The first-order valence-corrected chi connectivity index (χ1v) is 13.1. The molecule has 0 fully saturated rings. The van der Waals surface area contributed by atoms with Crippen LogP contribution in [0.4, 0.5) is 0 Å². The van der Waals surface area contributed by atoms with Crippen LogP contribution in [0.1, 0.15) is 36.0 Å². The van der Waals surface area contributed by atoms with Crippen molar-refractivity contribution in [3.05, 3.63) is 71.8 Å². The summed E-state index contributed by atoms with van der Waals surface area (Å²) in [7, 11) is 1.66. The third-order valence-electron chi connectivity index (χ3n) is 6.51. The molecule has 42 heavy (non-hydrogen) atoms. The zero-order valence-electron chi connectivity index (χ0n) is 23.4. The van der Waals surface area contributed by atoms with Gasteiger partial charge >= 0.3 is 17.9 Å². The van der Waals surface area contributed by atoms with E-state index < -0.39 is 36.4 Å². The van der Waals surface area contributed by atoms with E-state index in [1.54, 1.807) is 7.11 Å². The molecule has 0 saturated heterocycles. The second kappa shape index (κ2) is 14.8. The Balaban J connectivity index is 0.000000316. The minimum atomic E-state index is -2.74. The molecule has 1 aliphatic heterocycles. The molecule has 2 aromatic carbocycles. The van der Waals surface area contributed by atoms with E-state index in [1.807, 2.05) is 24.8 Å². The standard InChI is InChI=1S/C23H27N3O3.C6H8O7/c1-18-6-3-4-7-20(18)15-26(10-5-9-25-11-8-24-16-25)14-19-12-21(27-2)23-22(13-19)28-17-29-23;7-3(8)1-6(13,5(11)12)2-4(9)10/h3-4,6-8,11-13,16H,5,9-10,14-15,17H2,1-2H3;13H,1-2H2,(H,7,8)(H,9,10)(H,11,12). The average Bonchev–Trinajstić information content (AvgIpc) is 3.61. The fourth-order valence-corrected chi connectivity index (χ4v) is 4.39. The molecule has 0 unspecified atom stereocenters. The van der Waals surface area contributed by atoms with E-state index in [-0.39, 0.29) is 6.79 Å². The van der Waals surface area contributed by atoms with Gasteiger partial charge < -0.3 is 39.2 Å². The Morgan fingerprint density at radius 2 is 1.79 bits per heavy atom. The largest absolute Gasteiger partial charge is 0.493 e. The van der Waals surface area contributed by atoms with E-state index in [1.165, 1.54) is 11.1 Å². The predicted molar refractivity (Wildman–Crippen MR) is 148 cm³/mol. The summed E-state index contributed by atoms with van der Waals surface area (Å²) in [5.41, 5.74) is 1.08. The van der Waals surface area contributed by atoms with Crippen LogP contribution in [-0.2, 0) is 34.0 Å². The van der Waals surface area contributed by atoms with Crippen molar-refractivity contribution in [2.75, 3.05) is 20.4 Å². The van der Waals surface area contributed by atoms with Crippen molar-refractivity contribution in [3.8, 4) is 17.2 Å². The summed E-state index contributed by atoms with van der Waals surface area (Å²) in [5.74, 6) is -2.84. The van der Waals surface area contributed by atoms with Crippen LogP contribution in [0.3, 0.4) is 0 Å². The quantitative estimate of drug-likeness (QED) is 0.218. The molecule has 1 aliphatic rings. The topological polar surface area (TPSA) is 181 Å². The van der Waals surface area contributed by atoms with E-state index in [2.05, 4.69) is 51.7 Å². The summed E-state index contributed by atoms with van der Waals surface area (Å²) in [6.45, 7) is 6.05. The van der Waals surface area contributed by atoms with Crippen LogP contribution >= 0.6 is 0 Å². The van der Waals surface area contributed by atoms with Crippen molar-refractivity contribution in [3.63, 3.8) is 0 Å². The van der Waals surface area contributed by atoms with E-state index in [0.29, 0.717) is 5.75 Å². The summed E-state index contributed by atoms with van der Waals surface area (Å²) in [6.07, 6.45) is 4.46. The lowest BCUT2D eigenvalue weighted by Crippen LogP contribution is -2.42. The van der Waals surface area contributed by atoms with E-state index in [4.69, 9.17) is 34.6 Å². The van der Waals surface area contributed by atoms with Crippen molar-refractivity contribution in [2.45, 2.75) is 51.4 Å². The number of rotatable bonds is 14. The molecule has 0 bridgehead atoms. The number of aryl methyl sites for hydroxylation is 2. The summed E-state index contributed by atoms with van der Waals surface area (Å²) in [6, 6.07) is 12.7. The molecule has 13 heteroatoms. The highest BCUT2D eigenvalue weighted by Crippen LogP contribution is 2.42. The molecule has 2 heterocycles. The van der Waals surface area contributed by atoms with Gasteiger partial charge in [0, 0.05) is 38.6 Å². The first kappa shape index (κ1) is 31.9. The van der Waals surface area contributed by atoms with E-state index in [0.717, 1.165) is 49.7 Å². The van der Waals surface area contributed by atoms with Gasteiger partial charge in [0.05, 0.1) is 26.3 Å². The minimum absolute atomic E-state index is 0.243. The molecule has 3 aromatic rings. The van der Waals surface area contributed by atoms with Crippen LogP contribution in [0, 0.1) is 6.92 Å². The van der Waals surface area contributed by atoms with Crippen LogP contribution in [0.15, 0.2) is 55.1 Å². The van der Waals surface area contributed by atoms with Crippen molar-refractivity contribution in [1.29, 1.82) is 0 Å². The van der Waals surface area contributed by atoms with Crippen molar-refractivity contribution >= 4 is 17.9 Å². The van der Waals surface area contributed by atoms with E-state index in [9.17, 15) is 14.4 Å². The molecule has 0 radical (unpaired) electrons. The third kappa shape index (κ3) is 9.21. The molecule has 4 rings (SSSR count). The van der Waals surface area contributed by atoms with Crippen LogP contribution in [0.5, 0.6) is 17.2 Å². The number of hydrogen-bond acceptors (Lipinski definition) is 9. The second-order valence-electron chi connectivity index (χ2n) is 9.80. The lowest BCUT2D eigenvalue weighted by Gasteiger charge is -2.24. The van der Waals surface area contributed by atoms with Gasteiger partial charge in [-0.3, -0.25) is 14.5 Å². The number of fused-ring (bicyclic) bond motifs is 1. The molecule has 0 atom stereocenters. The van der Waals surface area contributed by atoms with Gasteiger partial charge in [-0.15, -0.1) is 0 Å². The molecule has 4 N–H and O–H groups in total. The zero-order chi connectivity index (χ0) is 30.7. The molecule has 0 aliphatic carbocycles. The number of nitrogens with zero attached hydrogens (tertiary/aromatic N) is 3. The number of aliphatic carboxylic acids is 3. The lowest BCUT2D eigenvalue weighted by molar-refractivity contribution is -0.170. The fourth-order valence-electron chi connectivity index (χ4n) is 4.39. The van der Waals surface area contributed by atoms with Crippen LogP contribution in [-0.4, -0.2) is 78.8 Å². The summed E-state index contributed by atoms with van der Waals surface area (Å²) >= 11 is 0.